The third-order valence-corrected chi connectivity index (χ3v) is 16.6. The van der Waals surface area contributed by atoms with E-state index < -0.39 is 109 Å². The van der Waals surface area contributed by atoms with E-state index in [1.54, 1.807) is 6.92 Å². The molecule has 2 heterocycles. The van der Waals surface area contributed by atoms with Crippen LogP contribution < -0.4 is 4.90 Å². The average molecular weight is 1040 g/mol. The van der Waals surface area contributed by atoms with E-state index >= 15 is 0 Å². The van der Waals surface area contributed by atoms with Crippen LogP contribution in [0.4, 0.5) is 11.4 Å². The molecule has 0 radical (unpaired) electrons. The first kappa shape index (κ1) is 52.8. The molecule has 2 unspecified atom stereocenters. The van der Waals surface area contributed by atoms with Crippen molar-refractivity contribution < 1.29 is 92.3 Å². The molecule has 5 rings (SSSR count). The zero-order chi connectivity index (χ0) is 49.6. The Hall–Kier alpha value is -4.20. The summed E-state index contributed by atoms with van der Waals surface area (Å²) in [5, 5.41) is 8.46. The predicted molar refractivity (Wildman–Crippen MR) is 236 cm³/mol. The molecule has 28 heteroatoms. The van der Waals surface area contributed by atoms with Gasteiger partial charge < -0.3 is 14.6 Å². The molecule has 0 saturated heterocycles. The highest BCUT2D eigenvalue weighted by molar-refractivity contribution is 7.87. The molecule has 0 spiro atoms. The molecule has 3 aromatic rings. The van der Waals surface area contributed by atoms with E-state index in [2.05, 4.69) is 0 Å². The topological polar surface area (TPSA) is 373 Å². The van der Waals surface area contributed by atoms with E-state index in [0.717, 1.165) is 18.2 Å². The second kappa shape index (κ2) is 18.7. The van der Waals surface area contributed by atoms with Crippen LogP contribution in [0.5, 0.6) is 0 Å². The Labute approximate surface area is 381 Å². The fraction of sp³-hybridized carbons (Fsp3) is 0.421. The molecule has 0 aromatic heterocycles. The molecule has 0 aliphatic carbocycles. The van der Waals surface area contributed by atoms with Crippen LogP contribution in [0.1, 0.15) is 69.9 Å². The van der Waals surface area contributed by atoms with Gasteiger partial charge in [0, 0.05) is 70.6 Å². The van der Waals surface area contributed by atoms with Crippen LogP contribution in [0, 0.1) is 0 Å². The molecular weight excluding hydrogens is 997 g/mol. The van der Waals surface area contributed by atoms with Crippen molar-refractivity contribution in [3.05, 3.63) is 77.5 Å². The maximum absolute atomic E-state index is 12.9. The molecular formula is C38H46N2O20S6. The summed E-state index contributed by atoms with van der Waals surface area (Å²) in [6.07, 6.45) is 4.12. The van der Waals surface area contributed by atoms with Gasteiger partial charge in [-0.3, -0.25) is 27.6 Å². The van der Waals surface area contributed by atoms with Gasteiger partial charge in [-0.15, -0.1) is 0 Å². The Balaban J connectivity index is 1.84. The number of rotatable bonds is 21. The lowest BCUT2D eigenvalue weighted by Crippen LogP contribution is -2.38. The molecule has 2 aliphatic rings. The normalized spacial score (nSPS) is 20.2. The summed E-state index contributed by atoms with van der Waals surface area (Å²) in [6, 6.07) is 7.56. The largest absolute Gasteiger partial charge is 0.748 e. The highest BCUT2D eigenvalue weighted by atomic mass is 32.2. The zero-order valence-electron chi connectivity index (χ0n) is 35.0. The Kier molecular flexibility index (Phi) is 15.0. The van der Waals surface area contributed by atoms with Crippen molar-refractivity contribution >= 4 is 94.5 Å². The van der Waals surface area contributed by atoms with Crippen LogP contribution >= 0.6 is 0 Å². The summed E-state index contributed by atoms with van der Waals surface area (Å²) in [4.78, 5) is 10.2. The van der Waals surface area contributed by atoms with Crippen molar-refractivity contribution in [2.45, 2.75) is 84.3 Å². The van der Waals surface area contributed by atoms with Gasteiger partial charge >= 0.3 is 5.97 Å². The van der Waals surface area contributed by atoms with E-state index in [4.69, 9.17) is 0 Å². The smallest absolute Gasteiger partial charge is 0.303 e. The SMILES string of the molecule is CC1(CS(=O)(=O)O)C(/C=C/C=C2/N(CCCS(=O)(=O)[O-])c3cccc(S(=O)(=O)O)c3C2(C)CCCCCC(=O)O)=[N+](CCCS(=O)(=O)O)c2ccc3c(S(=O)(=O)O)cc(S(=O)(=O)O)cc3c21. The second-order valence-electron chi connectivity index (χ2n) is 16.3. The van der Waals surface area contributed by atoms with Crippen LogP contribution in [0.3, 0.4) is 0 Å². The number of nitrogens with zero attached hydrogens (tertiary/aromatic N) is 2. The Morgan fingerprint density at radius 2 is 1.36 bits per heavy atom. The summed E-state index contributed by atoms with van der Waals surface area (Å²) < 4.78 is 213. The standard InChI is InChI=1S/C38H46N2O20S6/c1-37(17-5-3-4-14-34(41)42)32(39(18-8-20-61(43,44)45)28-10-6-11-30(36(28)37)65(55,56)57)12-7-13-33-38(2,24-63(49,50)51)35-27-22-25(64(52,53)54)23-31(66(58,59)60)26(27)15-16-29(35)40(33)19-9-21-62(46,47)48/h6-7,10-13,15-16,22-23H,3-5,8-9,14,17-21,24H2,1-2H3,(H6-,41,42,43,44,45,46,47,48,49,50,51,52,53,54,55,56,57,58,59,60). The molecule has 3 aromatic carbocycles. The van der Waals surface area contributed by atoms with E-state index in [9.17, 15) is 87.7 Å². The number of aliphatic carboxylic acids is 1. The highest BCUT2D eigenvalue weighted by Crippen LogP contribution is 2.53. The molecule has 0 saturated carbocycles. The van der Waals surface area contributed by atoms with Gasteiger partial charge in [0.15, 0.2) is 5.71 Å². The third-order valence-electron chi connectivity index (χ3n) is 11.4. The van der Waals surface area contributed by atoms with E-state index in [1.165, 1.54) is 52.8 Å². The van der Waals surface area contributed by atoms with Gasteiger partial charge in [-0.05, 0) is 74.9 Å². The monoisotopic (exact) mass is 1040 g/mol. The van der Waals surface area contributed by atoms with Gasteiger partial charge in [-0.1, -0.05) is 25.0 Å². The fourth-order valence-corrected chi connectivity index (χ4v) is 13.1. The van der Waals surface area contributed by atoms with Crippen molar-refractivity contribution in [2.24, 2.45) is 0 Å². The molecule has 0 bridgehead atoms. The highest BCUT2D eigenvalue weighted by Gasteiger charge is 2.52. The predicted octanol–water partition coefficient (Wildman–Crippen LogP) is 3.29. The van der Waals surface area contributed by atoms with Gasteiger partial charge in [-0.2, -0.15) is 46.7 Å². The van der Waals surface area contributed by atoms with Crippen molar-refractivity contribution in [1.82, 2.24) is 0 Å². The summed E-state index contributed by atoms with van der Waals surface area (Å²) in [5.74, 6) is -3.96. The number of fused-ring (bicyclic) bond motifs is 4. The van der Waals surface area contributed by atoms with Gasteiger partial charge in [0.05, 0.1) is 26.5 Å². The molecule has 364 valence electrons. The molecule has 2 aliphatic heterocycles. The molecule has 6 N–H and O–H groups in total. The maximum Gasteiger partial charge on any atom is 0.303 e. The zero-order valence-corrected chi connectivity index (χ0v) is 39.9. The number of anilines is 1. The maximum atomic E-state index is 12.9. The van der Waals surface area contributed by atoms with E-state index in [1.807, 2.05) is 0 Å². The fourth-order valence-electron chi connectivity index (χ4n) is 8.92. The lowest BCUT2D eigenvalue weighted by Gasteiger charge is -2.31. The quantitative estimate of drug-likeness (QED) is 0.0506. The van der Waals surface area contributed by atoms with E-state index in [0.29, 0.717) is 12.5 Å². The van der Waals surface area contributed by atoms with Crippen molar-refractivity contribution in [2.75, 3.05) is 35.2 Å². The number of benzene rings is 3. The van der Waals surface area contributed by atoms with Crippen LogP contribution in [0.25, 0.3) is 10.8 Å². The first-order valence-electron chi connectivity index (χ1n) is 19.6. The summed E-state index contributed by atoms with van der Waals surface area (Å²) in [7, 11) is -29.9. The minimum Gasteiger partial charge on any atom is -0.748 e. The molecule has 0 amide bonds. The van der Waals surface area contributed by atoms with Gasteiger partial charge in [0.25, 0.3) is 50.6 Å². The first-order chi connectivity index (χ1) is 30.1. The van der Waals surface area contributed by atoms with Crippen molar-refractivity contribution in [3.8, 4) is 0 Å². The van der Waals surface area contributed by atoms with Gasteiger partial charge in [0.2, 0.25) is 5.69 Å². The molecule has 2 atom stereocenters. The van der Waals surface area contributed by atoms with Crippen molar-refractivity contribution in [3.63, 3.8) is 0 Å². The Bertz CT molecular complexity index is 3270. The Morgan fingerprint density at radius 3 is 1.92 bits per heavy atom. The van der Waals surface area contributed by atoms with Crippen LogP contribution in [0.15, 0.2) is 81.1 Å². The number of allylic oxidation sites excluding steroid dienone is 4. The summed E-state index contributed by atoms with van der Waals surface area (Å²) in [6.45, 7) is 2.28. The summed E-state index contributed by atoms with van der Waals surface area (Å²) in [5.41, 5.74) is -3.26. The van der Waals surface area contributed by atoms with Gasteiger partial charge in [0.1, 0.15) is 21.8 Å². The minimum atomic E-state index is -5.28. The first-order valence-corrected chi connectivity index (χ1v) is 28.7. The van der Waals surface area contributed by atoms with Gasteiger partial charge in [-0.25, -0.2) is 8.42 Å². The number of unbranched alkanes of at least 4 members (excludes halogenated alkanes) is 2. The van der Waals surface area contributed by atoms with Crippen LogP contribution in [0.2, 0.25) is 0 Å². The lowest BCUT2D eigenvalue weighted by atomic mass is 9.76. The third kappa shape index (κ3) is 11.9. The van der Waals surface area contributed by atoms with Crippen LogP contribution in [-0.2, 0) is 76.3 Å². The molecule has 22 nitrogen and oxygen atoms in total. The number of hydrogen-bond donors (Lipinski definition) is 6. The summed E-state index contributed by atoms with van der Waals surface area (Å²) >= 11 is 0. The Morgan fingerprint density at radius 1 is 0.712 bits per heavy atom. The molecule has 66 heavy (non-hydrogen) atoms. The van der Waals surface area contributed by atoms with Crippen molar-refractivity contribution in [1.29, 1.82) is 0 Å². The molecule has 0 fully saturated rings. The average Bonchev–Trinajstić information content (AvgIpc) is 3.51. The van der Waals surface area contributed by atoms with E-state index in [-0.39, 0.29) is 96.3 Å². The lowest BCUT2D eigenvalue weighted by molar-refractivity contribution is -0.437. The minimum absolute atomic E-state index is 0.0113. The number of hydrogen-bond acceptors (Lipinski definition) is 15. The number of carboxylic acids is 1. The second-order valence-corrected chi connectivity index (χ2v) is 25.0. The number of carbonyl (C=O) groups is 1. The number of carboxylic acid groups (broad SMARTS) is 1. The van der Waals surface area contributed by atoms with Crippen LogP contribution in [-0.4, -0.2) is 130 Å².